The number of hydrogen-bond donors (Lipinski definition) is 0. The molecule has 0 radical (unpaired) electrons. The largest absolute Gasteiger partial charge is 2.00 e. The second-order valence-corrected chi connectivity index (χ2v) is 16.3. The van der Waals surface area contributed by atoms with E-state index < -0.39 is 0 Å². The molecule has 4 aromatic carbocycles. The van der Waals surface area contributed by atoms with Gasteiger partial charge >= 0.3 is 21.1 Å². The van der Waals surface area contributed by atoms with Gasteiger partial charge in [-0.25, -0.2) is 9.97 Å². The van der Waals surface area contributed by atoms with Crippen molar-refractivity contribution < 1.29 is 30.2 Å². The summed E-state index contributed by atoms with van der Waals surface area (Å²) in [7, 11) is 0. The molecule has 10 aromatic rings. The van der Waals surface area contributed by atoms with Gasteiger partial charge in [0, 0.05) is 28.2 Å². The summed E-state index contributed by atoms with van der Waals surface area (Å²) in [4.78, 5) is 14.8. The van der Waals surface area contributed by atoms with Crippen molar-refractivity contribution in [2.75, 3.05) is 0 Å². The Balaban J connectivity index is 0.00000360. The van der Waals surface area contributed by atoms with E-state index in [2.05, 4.69) is 105 Å². The maximum Gasteiger partial charge on any atom is 2.00 e. The number of fused-ring (bicyclic) bond motifs is 5. The molecule has 0 N–H and O–H groups in total. The molecule has 0 fully saturated rings. The third-order valence-electron chi connectivity index (χ3n) is 9.81. The SMILES string of the molecule is CC(C)(C)c1ccnc(-c2[c-]c(Oc3[c-]c4c(cc3)n3c5ccccc5nc3n4-c3cc(C(C)(C)C)ccn3)c3oc4cccc5sc2c3c45)c1.[Pt+2]. The Morgan fingerprint density at radius 2 is 1.54 bits per heavy atom. The number of nitrogens with zero attached hydrogens (tertiary/aromatic N) is 5. The van der Waals surface area contributed by atoms with Crippen LogP contribution in [0.2, 0.25) is 0 Å². The van der Waals surface area contributed by atoms with Gasteiger partial charge in [0.25, 0.3) is 0 Å². The fourth-order valence-electron chi connectivity index (χ4n) is 7.13. The molecular formula is C43H33N5O2PtS. The number of para-hydroxylation sites is 2. The molecule has 0 atom stereocenters. The van der Waals surface area contributed by atoms with Crippen molar-refractivity contribution >= 4 is 70.5 Å². The van der Waals surface area contributed by atoms with Gasteiger partial charge in [-0.3, -0.25) is 4.57 Å². The van der Waals surface area contributed by atoms with E-state index in [1.54, 1.807) is 11.3 Å². The third-order valence-corrected chi connectivity index (χ3v) is 11.0. The molecule has 6 heterocycles. The normalized spacial score (nSPS) is 12.7. The maximum atomic E-state index is 6.79. The second-order valence-electron chi connectivity index (χ2n) is 15.3. The Morgan fingerprint density at radius 3 is 2.35 bits per heavy atom. The average Bonchev–Trinajstić information content (AvgIpc) is 3.87. The van der Waals surface area contributed by atoms with Crippen molar-refractivity contribution in [1.29, 1.82) is 0 Å². The van der Waals surface area contributed by atoms with Crippen molar-refractivity contribution in [3.63, 3.8) is 0 Å². The number of aromatic nitrogens is 5. The van der Waals surface area contributed by atoms with Crippen LogP contribution in [-0.4, -0.2) is 23.9 Å². The summed E-state index contributed by atoms with van der Waals surface area (Å²) < 4.78 is 19.8. The van der Waals surface area contributed by atoms with Crippen LogP contribution in [0.15, 0.2) is 95.7 Å². The quantitative estimate of drug-likeness (QED) is 0.165. The van der Waals surface area contributed by atoms with Gasteiger partial charge in [-0.05, 0) is 91.2 Å². The number of pyridine rings is 2. The number of furan rings is 1. The molecule has 0 amide bonds. The molecule has 0 saturated heterocycles. The third kappa shape index (κ3) is 4.91. The molecule has 6 aromatic heterocycles. The van der Waals surface area contributed by atoms with E-state index in [1.807, 2.05) is 48.8 Å². The Hall–Kier alpha value is -5.04. The van der Waals surface area contributed by atoms with E-state index >= 15 is 0 Å². The summed E-state index contributed by atoms with van der Waals surface area (Å²) in [6.07, 6.45) is 3.76. The monoisotopic (exact) mass is 878 g/mol. The Labute approximate surface area is 318 Å². The minimum absolute atomic E-state index is 0. The molecule has 258 valence electrons. The van der Waals surface area contributed by atoms with E-state index in [4.69, 9.17) is 24.1 Å². The first-order valence-corrected chi connectivity index (χ1v) is 17.9. The van der Waals surface area contributed by atoms with Crippen LogP contribution in [-0.2, 0) is 31.9 Å². The maximum absolute atomic E-state index is 6.79. The van der Waals surface area contributed by atoms with E-state index in [9.17, 15) is 0 Å². The fourth-order valence-corrected chi connectivity index (χ4v) is 8.36. The number of thiophene rings is 1. The minimum Gasteiger partial charge on any atom is -0.499 e. The van der Waals surface area contributed by atoms with Crippen LogP contribution in [0.25, 0.3) is 76.3 Å². The summed E-state index contributed by atoms with van der Waals surface area (Å²) in [5, 5.41) is 2.14. The van der Waals surface area contributed by atoms with Gasteiger partial charge in [0.2, 0.25) is 5.78 Å². The van der Waals surface area contributed by atoms with E-state index in [0.29, 0.717) is 17.1 Å². The first-order valence-electron chi connectivity index (χ1n) is 17.1. The van der Waals surface area contributed by atoms with Crippen molar-refractivity contribution in [3.05, 3.63) is 115 Å². The predicted octanol–water partition coefficient (Wildman–Crippen LogP) is 11.4. The second kappa shape index (κ2) is 11.5. The zero-order chi connectivity index (χ0) is 34.8. The molecule has 0 saturated carbocycles. The van der Waals surface area contributed by atoms with Gasteiger partial charge < -0.3 is 18.5 Å². The van der Waals surface area contributed by atoms with Crippen molar-refractivity contribution in [2.45, 2.75) is 52.4 Å². The number of imidazole rings is 2. The number of benzene rings is 4. The summed E-state index contributed by atoms with van der Waals surface area (Å²) in [5.74, 6) is 2.55. The molecule has 0 spiro atoms. The standard InChI is InChI=1S/C43H33N5O2S.Pt/c1-42(2,3)24-16-18-44-29(20-24)27-23-34(39-38-37-33(50-39)12-9-13-35(37)51-40(27)38)49-26-14-15-31-32(22-26)48(36-21-25(17-19-45-36)43(4,5)6)41-46-28-10-7-8-11-30(28)47(31)41;/h7-21H,1-6H3;/q-2;+2. The Morgan fingerprint density at radius 1 is 0.769 bits per heavy atom. The molecule has 0 aliphatic rings. The number of ether oxygens (including phenoxy) is 1. The van der Waals surface area contributed by atoms with Crippen LogP contribution in [0.1, 0.15) is 52.7 Å². The minimum atomic E-state index is -0.0597. The molecule has 0 aliphatic heterocycles. The molecule has 10 rings (SSSR count). The van der Waals surface area contributed by atoms with Crippen LogP contribution < -0.4 is 4.74 Å². The van der Waals surface area contributed by atoms with E-state index in [-0.39, 0.29) is 31.9 Å². The summed E-state index contributed by atoms with van der Waals surface area (Å²) in [6.45, 7) is 13.3. The summed E-state index contributed by atoms with van der Waals surface area (Å²) >= 11 is 1.74. The molecule has 0 unspecified atom stereocenters. The molecule has 9 heteroatoms. The smallest absolute Gasteiger partial charge is 0.499 e. The van der Waals surface area contributed by atoms with Gasteiger partial charge in [0.1, 0.15) is 11.4 Å². The van der Waals surface area contributed by atoms with Gasteiger partial charge in [0.15, 0.2) is 0 Å². The zero-order valence-electron chi connectivity index (χ0n) is 29.4. The van der Waals surface area contributed by atoms with Crippen LogP contribution in [0.3, 0.4) is 0 Å². The Kier molecular flexibility index (Phi) is 7.25. The molecule has 0 aliphatic carbocycles. The zero-order valence-corrected chi connectivity index (χ0v) is 32.5. The Bertz CT molecular complexity index is 2990. The predicted molar refractivity (Wildman–Crippen MR) is 206 cm³/mol. The first-order chi connectivity index (χ1) is 24.5. The topological polar surface area (TPSA) is 70.4 Å². The van der Waals surface area contributed by atoms with Gasteiger partial charge in [0.05, 0.1) is 22.4 Å². The number of rotatable bonds is 4. The summed E-state index contributed by atoms with van der Waals surface area (Å²) in [6, 6.07) is 34.1. The van der Waals surface area contributed by atoms with E-state index in [0.717, 1.165) is 70.7 Å². The molecule has 52 heavy (non-hydrogen) atoms. The van der Waals surface area contributed by atoms with Crippen LogP contribution in [0, 0.1) is 12.1 Å². The molecule has 7 nitrogen and oxygen atoms in total. The number of hydrogen-bond acceptors (Lipinski definition) is 6. The molecule has 0 bridgehead atoms. The summed E-state index contributed by atoms with van der Waals surface area (Å²) in [5.41, 5.74) is 9.20. The van der Waals surface area contributed by atoms with Crippen molar-refractivity contribution in [2.24, 2.45) is 0 Å². The average molecular weight is 879 g/mol. The van der Waals surface area contributed by atoms with Gasteiger partial charge in [-0.1, -0.05) is 71.9 Å². The van der Waals surface area contributed by atoms with Crippen molar-refractivity contribution in [3.8, 4) is 28.6 Å². The van der Waals surface area contributed by atoms with Crippen LogP contribution in [0.5, 0.6) is 11.5 Å². The van der Waals surface area contributed by atoms with Crippen molar-refractivity contribution in [1.82, 2.24) is 23.9 Å². The van der Waals surface area contributed by atoms with Gasteiger partial charge in [-0.15, -0.1) is 23.8 Å². The van der Waals surface area contributed by atoms with E-state index in [1.165, 1.54) is 11.1 Å². The fraction of sp³-hybridized carbons (Fsp3) is 0.186. The van der Waals surface area contributed by atoms with Crippen LogP contribution >= 0.6 is 11.3 Å². The van der Waals surface area contributed by atoms with Gasteiger partial charge in [-0.2, -0.15) is 11.3 Å². The molecular weight excluding hydrogens is 846 g/mol. The first kappa shape index (κ1) is 32.8. The van der Waals surface area contributed by atoms with Crippen LogP contribution in [0.4, 0.5) is 0 Å².